The fraction of sp³-hybridized carbons (Fsp3) is 0.250. The predicted octanol–water partition coefficient (Wildman–Crippen LogP) is 4.73. The molecule has 202 valence electrons. The molecule has 4 aromatic rings. The van der Waals surface area contributed by atoms with Crippen molar-refractivity contribution >= 4 is 39.9 Å². The predicted molar refractivity (Wildman–Crippen MR) is 136 cm³/mol. The second-order valence-electron chi connectivity index (χ2n) is 8.62. The van der Waals surface area contributed by atoms with E-state index in [1.165, 1.54) is 42.8 Å². The second-order valence-corrected chi connectivity index (χ2v) is 10.1. The normalized spacial score (nSPS) is 12.9. The van der Waals surface area contributed by atoms with Crippen molar-refractivity contribution in [2.75, 3.05) is 12.4 Å². The number of thiazole rings is 1. The summed E-state index contributed by atoms with van der Waals surface area (Å²) in [5.41, 5.74) is 1.25. The van der Waals surface area contributed by atoms with E-state index in [1.807, 2.05) is 0 Å². The van der Waals surface area contributed by atoms with Crippen LogP contribution < -0.4 is 10.1 Å². The lowest BCUT2D eigenvalue weighted by atomic mass is 10.0. The largest absolute Gasteiger partial charge is 0.494 e. The first-order chi connectivity index (χ1) is 18.4. The number of nitrogens with zero attached hydrogens (tertiary/aromatic N) is 6. The molecule has 0 fully saturated rings. The first-order valence-corrected chi connectivity index (χ1v) is 12.5. The number of hydrogen-bond acceptors (Lipinski definition) is 8. The molecule has 0 saturated carbocycles. The molecule has 1 aliphatic heterocycles. The lowest BCUT2D eigenvalue weighted by Crippen LogP contribution is -2.27. The number of aryl methyl sites for hydroxylation is 2. The van der Waals surface area contributed by atoms with Crippen molar-refractivity contribution in [3.63, 3.8) is 0 Å². The molecular formula is C24H19ClF3N7O3S. The number of ether oxygens (including phenoxy) is 1. The SMILES string of the molecule is COc1cnc(Cl)cc1-c1cc(C)ncc1C(=O)Nc1nc2c(s1)CN(C(=O)c1cc(C(F)(F)F)nn1C)C2. The first kappa shape index (κ1) is 26.6. The van der Waals surface area contributed by atoms with Crippen LogP contribution in [-0.2, 0) is 26.3 Å². The highest BCUT2D eigenvalue weighted by molar-refractivity contribution is 7.16. The van der Waals surface area contributed by atoms with Gasteiger partial charge in [-0.15, -0.1) is 0 Å². The van der Waals surface area contributed by atoms with Gasteiger partial charge in [-0.1, -0.05) is 22.9 Å². The van der Waals surface area contributed by atoms with Gasteiger partial charge >= 0.3 is 6.18 Å². The summed E-state index contributed by atoms with van der Waals surface area (Å²) in [5.74, 6) is -0.646. The Balaban J connectivity index is 1.34. The molecule has 0 radical (unpaired) electrons. The number of pyridine rings is 2. The number of rotatable bonds is 5. The maximum atomic E-state index is 13.3. The molecular weight excluding hydrogens is 559 g/mol. The van der Waals surface area contributed by atoms with Crippen molar-refractivity contribution in [2.45, 2.75) is 26.2 Å². The molecule has 0 aromatic carbocycles. The Morgan fingerprint density at radius 1 is 1.13 bits per heavy atom. The Morgan fingerprint density at radius 2 is 1.90 bits per heavy atom. The van der Waals surface area contributed by atoms with E-state index in [4.69, 9.17) is 16.3 Å². The Hall–Kier alpha value is -4.04. The minimum atomic E-state index is -4.66. The number of alkyl halides is 3. The molecule has 0 aliphatic carbocycles. The third-order valence-corrected chi connectivity index (χ3v) is 7.18. The van der Waals surface area contributed by atoms with E-state index < -0.39 is 23.7 Å². The van der Waals surface area contributed by atoms with Gasteiger partial charge in [0.1, 0.15) is 16.6 Å². The van der Waals surface area contributed by atoms with Crippen LogP contribution in [0.3, 0.4) is 0 Å². The first-order valence-electron chi connectivity index (χ1n) is 11.3. The van der Waals surface area contributed by atoms with E-state index in [0.29, 0.717) is 38.3 Å². The smallest absolute Gasteiger partial charge is 0.435 e. The van der Waals surface area contributed by atoms with Crippen molar-refractivity contribution in [3.8, 4) is 16.9 Å². The maximum absolute atomic E-state index is 13.3. The van der Waals surface area contributed by atoms with E-state index in [2.05, 4.69) is 25.4 Å². The van der Waals surface area contributed by atoms with E-state index in [9.17, 15) is 22.8 Å². The molecule has 0 atom stereocenters. The number of methoxy groups -OCH3 is 1. The Labute approximate surface area is 228 Å². The molecule has 2 amide bonds. The van der Waals surface area contributed by atoms with Crippen LogP contribution in [0.2, 0.25) is 5.15 Å². The summed E-state index contributed by atoms with van der Waals surface area (Å²) in [6, 6.07) is 4.05. The molecule has 0 unspecified atom stereocenters. The molecule has 10 nitrogen and oxygen atoms in total. The minimum absolute atomic E-state index is 0.0805. The van der Waals surface area contributed by atoms with Gasteiger partial charge in [-0.05, 0) is 19.1 Å². The van der Waals surface area contributed by atoms with Crippen LogP contribution in [0.5, 0.6) is 5.75 Å². The number of fused-ring (bicyclic) bond motifs is 1. The highest BCUT2D eigenvalue weighted by Crippen LogP contribution is 2.36. The second kappa shape index (κ2) is 9.93. The summed E-state index contributed by atoms with van der Waals surface area (Å²) in [5, 5.41) is 6.70. The number of anilines is 1. The Kier molecular flexibility index (Phi) is 6.76. The average Bonchev–Trinajstić information content (AvgIpc) is 3.56. The number of hydrogen-bond donors (Lipinski definition) is 1. The number of carbonyl (C=O) groups excluding carboxylic acids is 2. The third kappa shape index (κ3) is 5.16. The summed E-state index contributed by atoms with van der Waals surface area (Å²) in [7, 11) is 2.76. The van der Waals surface area contributed by atoms with Crippen LogP contribution in [0.1, 0.15) is 42.8 Å². The highest BCUT2D eigenvalue weighted by atomic mass is 35.5. The Bertz CT molecular complexity index is 1600. The summed E-state index contributed by atoms with van der Waals surface area (Å²) in [4.78, 5) is 40.9. The van der Waals surface area contributed by atoms with Crippen LogP contribution >= 0.6 is 22.9 Å². The summed E-state index contributed by atoms with van der Waals surface area (Å²) >= 11 is 7.27. The van der Waals surface area contributed by atoms with Gasteiger partial charge in [0.15, 0.2) is 10.8 Å². The molecule has 39 heavy (non-hydrogen) atoms. The van der Waals surface area contributed by atoms with Gasteiger partial charge in [-0.2, -0.15) is 18.3 Å². The Morgan fingerprint density at radius 3 is 2.56 bits per heavy atom. The lowest BCUT2D eigenvalue weighted by molar-refractivity contribution is -0.141. The molecule has 0 bridgehead atoms. The van der Waals surface area contributed by atoms with Crippen molar-refractivity contribution < 1.29 is 27.5 Å². The molecule has 5 heterocycles. The zero-order valence-corrected chi connectivity index (χ0v) is 22.2. The lowest BCUT2D eigenvalue weighted by Gasteiger charge is -2.15. The zero-order chi connectivity index (χ0) is 28.1. The average molecular weight is 578 g/mol. The van der Waals surface area contributed by atoms with E-state index in [0.717, 1.165) is 10.7 Å². The van der Waals surface area contributed by atoms with E-state index >= 15 is 0 Å². The van der Waals surface area contributed by atoms with Crippen LogP contribution in [-0.4, -0.2) is 48.6 Å². The summed E-state index contributed by atoms with van der Waals surface area (Å²) < 4.78 is 45.3. The van der Waals surface area contributed by atoms with Gasteiger partial charge in [0.05, 0.1) is 42.5 Å². The van der Waals surface area contributed by atoms with Crippen molar-refractivity contribution in [1.82, 2.24) is 29.6 Å². The molecule has 1 N–H and O–H groups in total. The van der Waals surface area contributed by atoms with E-state index in [1.54, 1.807) is 19.1 Å². The van der Waals surface area contributed by atoms with E-state index in [-0.39, 0.29) is 29.5 Å². The zero-order valence-electron chi connectivity index (χ0n) is 20.6. The van der Waals surface area contributed by atoms with Crippen molar-refractivity contribution in [1.29, 1.82) is 0 Å². The number of halogens is 4. The molecule has 15 heteroatoms. The van der Waals surface area contributed by atoms with Gasteiger partial charge in [0.2, 0.25) is 0 Å². The van der Waals surface area contributed by atoms with Gasteiger partial charge in [0.25, 0.3) is 11.8 Å². The molecule has 1 aliphatic rings. The van der Waals surface area contributed by atoms with Crippen molar-refractivity contribution in [2.24, 2.45) is 7.05 Å². The standard InChI is InChI=1S/C24H19ClF3N7O3S/c1-11-4-12(13-5-20(25)30-8-17(13)38-3)14(7-29-11)21(36)32-23-31-15-9-35(10-18(15)39-23)22(37)16-6-19(24(26,27)28)33-34(16)2/h4-8H,9-10H2,1-3H3,(H,31,32,36). The van der Waals surface area contributed by atoms with Crippen LogP contribution in [0.15, 0.2) is 30.6 Å². The summed E-state index contributed by atoms with van der Waals surface area (Å²) in [6.07, 6.45) is -1.75. The number of nitrogens with one attached hydrogen (secondary N) is 1. The molecule has 4 aromatic heterocycles. The van der Waals surface area contributed by atoms with Crippen LogP contribution in [0.25, 0.3) is 11.1 Å². The monoisotopic (exact) mass is 577 g/mol. The third-order valence-electron chi connectivity index (χ3n) is 5.98. The minimum Gasteiger partial charge on any atom is -0.494 e. The van der Waals surface area contributed by atoms with Gasteiger partial charge in [-0.3, -0.25) is 24.6 Å². The fourth-order valence-electron chi connectivity index (χ4n) is 4.12. The highest BCUT2D eigenvalue weighted by Gasteiger charge is 2.37. The number of aromatic nitrogens is 5. The van der Waals surface area contributed by atoms with Crippen LogP contribution in [0, 0.1) is 6.92 Å². The quantitative estimate of drug-likeness (QED) is 0.341. The van der Waals surface area contributed by atoms with Crippen LogP contribution in [0.4, 0.5) is 18.3 Å². The van der Waals surface area contributed by atoms with Gasteiger partial charge in [-0.25, -0.2) is 9.97 Å². The molecule has 0 spiro atoms. The van der Waals surface area contributed by atoms with Gasteiger partial charge < -0.3 is 9.64 Å². The molecule has 0 saturated heterocycles. The van der Waals surface area contributed by atoms with Crippen molar-refractivity contribution in [3.05, 3.63) is 69.0 Å². The maximum Gasteiger partial charge on any atom is 0.435 e. The molecule has 5 rings (SSSR count). The van der Waals surface area contributed by atoms with Gasteiger partial charge in [0, 0.05) is 36.1 Å². The fourth-order valence-corrected chi connectivity index (χ4v) is 5.26. The summed E-state index contributed by atoms with van der Waals surface area (Å²) in [6.45, 7) is 2.00. The topological polar surface area (TPSA) is 115 Å². The number of carbonyl (C=O) groups is 2. The number of amides is 2.